The first-order chi connectivity index (χ1) is 9.11. The highest BCUT2D eigenvalue weighted by atomic mass is 16.5. The number of nitrogens with two attached hydrogens (primary N) is 1. The molecular weight excluding hydrogens is 240 g/mol. The molecule has 4 nitrogen and oxygen atoms in total. The molecule has 0 saturated heterocycles. The van der Waals surface area contributed by atoms with Crippen molar-refractivity contribution in [1.29, 1.82) is 5.26 Å². The molecule has 0 heterocycles. The second kappa shape index (κ2) is 5.23. The van der Waals surface area contributed by atoms with Gasteiger partial charge in [-0.1, -0.05) is 12.1 Å². The van der Waals surface area contributed by atoms with Gasteiger partial charge in [0.1, 0.15) is 17.6 Å². The van der Waals surface area contributed by atoms with Crippen LogP contribution in [-0.2, 0) is 0 Å². The minimum Gasteiger partial charge on any atom is -0.456 e. The average Bonchev–Trinajstić information content (AvgIpc) is 2.41. The van der Waals surface area contributed by atoms with E-state index in [9.17, 15) is 4.79 Å². The lowest BCUT2D eigenvalue weighted by Gasteiger charge is -2.10. The van der Waals surface area contributed by atoms with Gasteiger partial charge in [-0.15, -0.1) is 0 Å². The van der Waals surface area contributed by atoms with Gasteiger partial charge in [0.2, 0.25) is 5.91 Å². The zero-order valence-corrected chi connectivity index (χ0v) is 10.4. The molecule has 0 spiro atoms. The second-order valence-corrected chi connectivity index (χ2v) is 4.05. The van der Waals surface area contributed by atoms with Crippen molar-refractivity contribution in [2.24, 2.45) is 5.73 Å². The van der Waals surface area contributed by atoms with Crippen LogP contribution < -0.4 is 10.5 Å². The molecule has 2 N–H and O–H groups in total. The van der Waals surface area contributed by atoms with Gasteiger partial charge in [0.15, 0.2) is 0 Å². The fourth-order valence-electron chi connectivity index (χ4n) is 1.68. The number of nitrogens with zero attached hydrogens (tertiary/aromatic N) is 1. The van der Waals surface area contributed by atoms with Gasteiger partial charge in [-0.25, -0.2) is 0 Å². The molecule has 4 heteroatoms. The zero-order chi connectivity index (χ0) is 13.8. The molecule has 0 aliphatic rings. The predicted molar refractivity (Wildman–Crippen MR) is 70.9 cm³/mol. The highest BCUT2D eigenvalue weighted by Crippen LogP contribution is 2.28. The molecule has 94 valence electrons. The summed E-state index contributed by atoms with van der Waals surface area (Å²) in [5.74, 6) is 0.591. The molecule has 0 aromatic heterocycles. The third-order valence-corrected chi connectivity index (χ3v) is 2.69. The summed E-state index contributed by atoms with van der Waals surface area (Å²) in [6.07, 6.45) is 0. The first kappa shape index (κ1) is 12.7. The van der Waals surface area contributed by atoms with Crippen LogP contribution in [-0.4, -0.2) is 5.91 Å². The molecule has 0 saturated carbocycles. The van der Waals surface area contributed by atoms with Gasteiger partial charge in [0.05, 0.1) is 5.56 Å². The summed E-state index contributed by atoms with van der Waals surface area (Å²) >= 11 is 0. The summed E-state index contributed by atoms with van der Waals surface area (Å²) in [5, 5.41) is 9.05. The first-order valence-corrected chi connectivity index (χ1v) is 5.69. The number of aryl methyl sites for hydroxylation is 1. The van der Waals surface area contributed by atoms with E-state index in [4.69, 9.17) is 15.7 Å². The van der Waals surface area contributed by atoms with Crippen molar-refractivity contribution >= 4 is 5.91 Å². The maximum absolute atomic E-state index is 11.0. The van der Waals surface area contributed by atoms with Gasteiger partial charge in [-0.3, -0.25) is 4.79 Å². The fraction of sp³-hybridized carbons (Fsp3) is 0.0667. The van der Waals surface area contributed by atoms with Crippen LogP contribution in [0, 0.1) is 18.3 Å². The molecule has 2 rings (SSSR count). The van der Waals surface area contributed by atoms with E-state index < -0.39 is 5.91 Å². The summed E-state index contributed by atoms with van der Waals surface area (Å²) < 4.78 is 5.69. The van der Waals surface area contributed by atoms with E-state index in [1.807, 2.05) is 13.0 Å². The van der Waals surface area contributed by atoms with Crippen molar-refractivity contribution < 1.29 is 9.53 Å². The zero-order valence-electron chi connectivity index (χ0n) is 10.4. The second-order valence-electron chi connectivity index (χ2n) is 4.05. The minimum absolute atomic E-state index is 0.414. The van der Waals surface area contributed by atoms with Crippen LogP contribution >= 0.6 is 0 Å². The number of hydrogen-bond acceptors (Lipinski definition) is 3. The lowest BCUT2D eigenvalue weighted by Crippen LogP contribution is -2.10. The lowest BCUT2D eigenvalue weighted by molar-refractivity contribution is 0.100. The molecule has 0 aliphatic carbocycles. The minimum atomic E-state index is -0.486. The summed E-state index contributed by atoms with van der Waals surface area (Å²) in [6.45, 7) is 1.87. The molecule has 0 aliphatic heterocycles. The highest BCUT2D eigenvalue weighted by molar-refractivity contribution is 5.92. The van der Waals surface area contributed by atoms with Gasteiger partial charge in [-0.2, -0.15) is 5.26 Å². The number of amides is 1. The lowest BCUT2D eigenvalue weighted by atomic mass is 10.1. The Labute approximate surface area is 111 Å². The van der Waals surface area contributed by atoms with E-state index in [1.165, 1.54) is 0 Å². The van der Waals surface area contributed by atoms with Crippen molar-refractivity contribution in [3.05, 3.63) is 59.2 Å². The Morgan fingerprint density at radius 1 is 1.21 bits per heavy atom. The van der Waals surface area contributed by atoms with E-state index in [-0.39, 0.29) is 0 Å². The SMILES string of the molecule is Cc1cccc(C#N)c1Oc1ccc(C(N)=O)cc1. The van der Waals surface area contributed by atoms with E-state index in [2.05, 4.69) is 6.07 Å². The largest absolute Gasteiger partial charge is 0.456 e. The van der Waals surface area contributed by atoms with Crippen LogP contribution in [0.1, 0.15) is 21.5 Å². The number of rotatable bonds is 3. The maximum atomic E-state index is 11.0. The van der Waals surface area contributed by atoms with Crippen LogP contribution in [0.15, 0.2) is 42.5 Å². The number of hydrogen-bond donors (Lipinski definition) is 1. The Kier molecular flexibility index (Phi) is 3.48. The van der Waals surface area contributed by atoms with Crippen molar-refractivity contribution in [2.45, 2.75) is 6.92 Å². The summed E-state index contributed by atoms with van der Waals surface area (Å²) in [5.41, 5.74) is 6.92. The van der Waals surface area contributed by atoms with Crippen LogP contribution in [0.2, 0.25) is 0 Å². The highest BCUT2D eigenvalue weighted by Gasteiger charge is 2.08. The third-order valence-electron chi connectivity index (χ3n) is 2.69. The smallest absolute Gasteiger partial charge is 0.248 e. The Bertz CT molecular complexity index is 655. The number of carbonyl (C=O) groups excluding carboxylic acids is 1. The van der Waals surface area contributed by atoms with E-state index in [0.717, 1.165) is 5.56 Å². The normalized spacial score (nSPS) is 9.68. The average molecular weight is 252 g/mol. The maximum Gasteiger partial charge on any atom is 0.248 e. The van der Waals surface area contributed by atoms with Gasteiger partial charge >= 0.3 is 0 Å². The Morgan fingerprint density at radius 3 is 2.47 bits per heavy atom. The van der Waals surface area contributed by atoms with Crippen molar-refractivity contribution in [1.82, 2.24) is 0 Å². The first-order valence-electron chi connectivity index (χ1n) is 5.69. The van der Waals surface area contributed by atoms with Crippen molar-refractivity contribution in [2.75, 3.05) is 0 Å². The summed E-state index contributed by atoms with van der Waals surface area (Å²) in [4.78, 5) is 11.0. The molecule has 0 atom stereocenters. The van der Waals surface area contributed by atoms with Crippen molar-refractivity contribution in [3.8, 4) is 17.6 Å². The van der Waals surface area contributed by atoms with Gasteiger partial charge in [0.25, 0.3) is 0 Å². The van der Waals surface area contributed by atoms with E-state index in [0.29, 0.717) is 22.6 Å². The molecule has 0 unspecified atom stereocenters. The van der Waals surface area contributed by atoms with E-state index >= 15 is 0 Å². The monoisotopic (exact) mass is 252 g/mol. The number of ether oxygens (including phenoxy) is 1. The molecule has 1 amide bonds. The van der Waals surface area contributed by atoms with Gasteiger partial charge < -0.3 is 10.5 Å². The Hall–Kier alpha value is -2.80. The molecule has 2 aromatic rings. The number of benzene rings is 2. The number of nitriles is 1. The summed E-state index contributed by atoms with van der Waals surface area (Å²) in [7, 11) is 0. The van der Waals surface area contributed by atoms with Gasteiger partial charge in [-0.05, 0) is 42.8 Å². The molecule has 19 heavy (non-hydrogen) atoms. The molecule has 0 bridgehead atoms. The molecule has 2 aromatic carbocycles. The topological polar surface area (TPSA) is 76.1 Å². The molecular formula is C15H12N2O2. The van der Waals surface area contributed by atoms with E-state index in [1.54, 1.807) is 36.4 Å². The Balaban J connectivity index is 2.32. The fourth-order valence-corrected chi connectivity index (χ4v) is 1.68. The van der Waals surface area contributed by atoms with Crippen LogP contribution in [0.5, 0.6) is 11.5 Å². The van der Waals surface area contributed by atoms with Gasteiger partial charge in [0, 0.05) is 5.56 Å². The standard InChI is InChI=1S/C15H12N2O2/c1-10-3-2-4-12(9-16)14(10)19-13-7-5-11(6-8-13)15(17)18/h2-8H,1H3,(H2,17,18). The Morgan fingerprint density at radius 2 is 1.89 bits per heavy atom. The number of primary amides is 1. The van der Waals surface area contributed by atoms with Crippen molar-refractivity contribution in [3.63, 3.8) is 0 Å². The number of carbonyl (C=O) groups is 1. The van der Waals surface area contributed by atoms with Crippen LogP contribution in [0.3, 0.4) is 0 Å². The van der Waals surface area contributed by atoms with Crippen LogP contribution in [0.4, 0.5) is 0 Å². The third kappa shape index (κ3) is 2.72. The van der Waals surface area contributed by atoms with Crippen LogP contribution in [0.25, 0.3) is 0 Å². The predicted octanol–water partition coefficient (Wildman–Crippen LogP) is 2.76. The summed E-state index contributed by atoms with van der Waals surface area (Å²) in [6, 6.07) is 13.9. The molecule has 0 radical (unpaired) electrons. The molecule has 0 fully saturated rings. The number of para-hydroxylation sites is 1. The quantitative estimate of drug-likeness (QED) is 0.912.